The Bertz CT molecular complexity index is 420. The van der Waals surface area contributed by atoms with Crippen molar-refractivity contribution in [2.24, 2.45) is 5.92 Å². The molecule has 0 aliphatic carbocycles. The lowest BCUT2D eigenvalue weighted by atomic mass is 10.0. The van der Waals surface area contributed by atoms with Crippen molar-refractivity contribution in [3.8, 4) is 0 Å². The number of anilines is 1. The summed E-state index contributed by atoms with van der Waals surface area (Å²) in [6, 6.07) is 5.60. The van der Waals surface area contributed by atoms with Crippen LogP contribution in [0.3, 0.4) is 0 Å². The van der Waals surface area contributed by atoms with Gasteiger partial charge in [-0.1, -0.05) is 39.3 Å². The van der Waals surface area contributed by atoms with Crippen LogP contribution in [0.2, 0.25) is 0 Å². The number of benzene rings is 1. The van der Waals surface area contributed by atoms with Gasteiger partial charge in [-0.25, -0.2) is 4.39 Å². The molecular formula is C18H31FN2. The van der Waals surface area contributed by atoms with Crippen LogP contribution in [-0.2, 0) is 0 Å². The first kappa shape index (κ1) is 18.0. The molecule has 0 saturated heterocycles. The van der Waals surface area contributed by atoms with Crippen molar-refractivity contribution in [3.63, 3.8) is 0 Å². The van der Waals surface area contributed by atoms with Gasteiger partial charge in [0, 0.05) is 19.1 Å². The zero-order valence-corrected chi connectivity index (χ0v) is 14.2. The van der Waals surface area contributed by atoms with Gasteiger partial charge in [0.25, 0.3) is 0 Å². The molecule has 0 aliphatic heterocycles. The fourth-order valence-corrected chi connectivity index (χ4v) is 2.57. The molecule has 0 aliphatic rings. The van der Waals surface area contributed by atoms with Gasteiger partial charge in [-0.3, -0.25) is 0 Å². The molecule has 1 aromatic rings. The summed E-state index contributed by atoms with van der Waals surface area (Å²) in [5, 5.41) is 3.47. The summed E-state index contributed by atoms with van der Waals surface area (Å²) in [7, 11) is 0. The van der Waals surface area contributed by atoms with Crippen LogP contribution in [0.25, 0.3) is 0 Å². The summed E-state index contributed by atoms with van der Waals surface area (Å²) in [5.41, 5.74) is 1.84. The van der Waals surface area contributed by atoms with Crippen LogP contribution in [0.4, 0.5) is 10.1 Å². The number of nitrogens with one attached hydrogen (secondary N) is 1. The van der Waals surface area contributed by atoms with E-state index in [1.807, 2.05) is 12.1 Å². The molecule has 3 heteroatoms. The van der Waals surface area contributed by atoms with Crippen molar-refractivity contribution in [1.82, 2.24) is 5.32 Å². The van der Waals surface area contributed by atoms with E-state index >= 15 is 0 Å². The Morgan fingerprint density at radius 3 is 2.48 bits per heavy atom. The summed E-state index contributed by atoms with van der Waals surface area (Å²) in [5.74, 6) is 0.458. The number of rotatable bonds is 9. The first-order valence-electron chi connectivity index (χ1n) is 8.31. The van der Waals surface area contributed by atoms with Crippen molar-refractivity contribution >= 4 is 5.69 Å². The molecule has 2 nitrogen and oxygen atoms in total. The molecule has 1 N–H and O–H groups in total. The molecule has 120 valence electrons. The molecule has 0 spiro atoms. The summed E-state index contributed by atoms with van der Waals surface area (Å²) in [6.45, 7) is 13.5. The Hall–Kier alpha value is -1.09. The fraction of sp³-hybridized carbons (Fsp3) is 0.667. The van der Waals surface area contributed by atoms with E-state index in [2.05, 4.69) is 44.8 Å². The molecule has 0 saturated carbocycles. The summed E-state index contributed by atoms with van der Waals surface area (Å²) >= 11 is 0. The normalized spacial score (nSPS) is 14.0. The quantitative estimate of drug-likeness (QED) is 0.706. The molecule has 0 aromatic heterocycles. The van der Waals surface area contributed by atoms with E-state index < -0.39 is 0 Å². The number of nitrogens with zero attached hydrogens (tertiary/aromatic N) is 1. The smallest absolute Gasteiger partial charge is 0.146 e. The predicted octanol–water partition coefficient (Wildman–Crippen LogP) is 4.76. The number of halogens is 1. The molecule has 0 radical (unpaired) electrons. The zero-order valence-electron chi connectivity index (χ0n) is 14.2. The van der Waals surface area contributed by atoms with Gasteiger partial charge in [0.2, 0.25) is 0 Å². The van der Waals surface area contributed by atoms with Gasteiger partial charge in [-0.05, 0) is 44.4 Å². The second-order valence-corrected chi connectivity index (χ2v) is 5.91. The second-order valence-electron chi connectivity index (χ2n) is 5.91. The van der Waals surface area contributed by atoms with E-state index in [9.17, 15) is 4.39 Å². The molecule has 0 amide bonds. The lowest BCUT2D eigenvalue weighted by molar-refractivity contribution is 0.526. The minimum Gasteiger partial charge on any atom is -0.369 e. The van der Waals surface area contributed by atoms with E-state index in [1.165, 1.54) is 0 Å². The maximum atomic E-state index is 14.5. The minimum atomic E-state index is -0.109. The Balaban J connectivity index is 3.07. The summed E-state index contributed by atoms with van der Waals surface area (Å²) in [4.78, 5) is 2.18. The Morgan fingerprint density at radius 1 is 1.19 bits per heavy atom. The summed E-state index contributed by atoms with van der Waals surface area (Å²) < 4.78 is 14.5. The highest BCUT2D eigenvalue weighted by molar-refractivity contribution is 5.56. The molecule has 2 unspecified atom stereocenters. The van der Waals surface area contributed by atoms with Crippen molar-refractivity contribution in [1.29, 1.82) is 0 Å². The van der Waals surface area contributed by atoms with Crippen molar-refractivity contribution in [3.05, 3.63) is 29.6 Å². The summed E-state index contributed by atoms with van der Waals surface area (Å²) in [6.07, 6.45) is 2.20. The van der Waals surface area contributed by atoms with Crippen LogP contribution in [0.5, 0.6) is 0 Å². The van der Waals surface area contributed by atoms with Gasteiger partial charge in [-0.2, -0.15) is 0 Å². The van der Waals surface area contributed by atoms with Gasteiger partial charge in [0.05, 0.1) is 5.69 Å². The second kappa shape index (κ2) is 9.04. The SMILES string of the molecule is CCCNC(C)c1cccc(F)c1N(CC)CC(C)CC. The van der Waals surface area contributed by atoms with Gasteiger partial charge in [0.15, 0.2) is 0 Å². The molecule has 1 aromatic carbocycles. The number of para-hydroxylation sites is 1. The number of hydrogen-bond donors (Lipinski definition) is 1. The predicted molar refractivity (Wildman–Crippen MR) is 90.5 cm³/mol. The lowest BCUT2D eigenvalue weighted by Gasteiger charge is -2.30. The molecule has 0 bridgehead atoms. The van der Waals surface area contributed by atoms with Crippen LogP contribution in [0, 0.1) is 11.7 Å². The minimum absolute atomic E-state index is 0.109. The topological polar surface area (TPSA) is 15.3 Å². The van der Waals surface area contributed by atoms with Crippen molar-refractivity contribution in [2.75, 3.05) is 24.5 Å². The van der Waals surface area contributed by atoms with Crippen LogP contribution < -0.4 is 10.2 Å². The van der Waals surface area contributed by atoms with Crippen molar-refractivity contribution in [2.45, 2.75) is 53.5 Å². The average Bonchev–Trinajstić information content (AvgIpc) is 2.50. The molecule has 0 heterocycles. The third-order valence-electron chi connectivity index (χ3n) is 4.11. The van der Waals surface area contributed by atoms with E-state index in [0.717, 1.165) is 43.7 Å². The molecule has 2 atom stereocenters. The Morgan fingerprint density at radius 2 is 1.90 bits per heavy atom. The van der Waals surface area contributed by atoms with Gasteiger partial charge in [0.1, 0.15) is 5.82 Å². The molecule has 0 fully saturated rings. The average molecular weight is 294 g/mol. The highest BCUT2D eigenvalue weighted by Gasteiger charge is 2.19. The number of hydrogen-bond acceptors (Lipinski definition) is 2. The maximum absolute atomic E-state index is 14.5. The maximum Gasteiger partial charge on any atom is 0.146 e. The van der Waals surface area contributed by atoms with Crippen LogP contribution in [0.15, 0.2) is 18.2 Å². The largest absolute Gasteiger partial charge is 0.369 e. The van der Waals surface area contributed by atoms with E-state index in [4.69, 9.17) is 0 Å². The van der Waals surface area contributed by atoms with Crippen LogP contribution >= 0.6 is 0 Å². The molecule has 1 rings (SSSR count). The van der Waals surface area contributed by atoms with E-state index in [-0.39, 0.29) is 11.9 Å². The standard InChI is InChI=1S/C18H31FN2/c1-6-12-20-15(5)16-10-9-11-17(19)18(16)21(8-3)13-14(4)7-2/h9-11,14-15,20H,6-8,12-13H2,1-5H3. The first-order chi connectivity index (χ1) is 10.0. The lowest BCUT2D eigenvalue weighted by Crippen LogP contribution is -2.31. The Labute approximate surface area is 129 Å². The molecule has 21 heavy (non-hydrogen) atoms. The van der Waals surface area contributed by atoms with Gasteiger partial charge >= 0.3 is 0 Å². The van der Waals surface area contributed by atoms with Gasteiger partial charge in [-0.15, -0.1) is 0 Å². The Kier molecular flexibility index (Phi) is 7.73. The molecular weight excluding hydrogens is 263 g/mol. The highest BCUT2D eigenvalue weighted by atomic mass is 19.1. The van der Waals surface area contributed by atoms with E-state index in [1.54, 1.807) is 6.07 Å². The highest BCUT2D eigenvalue weighted by Crippen LogP contribution is 2.30. The first-order valence-corrected chi connectivity index (χ1v) is 8.31. The monoisotopic (exact) mass is 294 g/mol. The van der Waals surface area contributed by atoms with E-state index in [0.29, 0.717) is 5.92 Å². The third-order valence-corrected chi connectivity index (χ3v) is 4.11. The zero-order chi connectivity index (χ0) is 15.8. The third kappa shape index (κ3) is 4.99. The van der Waals surface area contributed by atoms with Gasteiger partial charge < -0.3 is 10.2 Å². The fourth-order valence-electron chi connectivity index (χ4n) is 2.57. The van der Waals surface area contributed by atoms with Crippen LogP contribution in [0.1, 0.15) is 59.1 Å². The van der Waals surface area contributed by atoms with Crippen molar-refractivity contribution < 1.29 is 4.39 Å². The van der Waals surface area contributed by atoms with Crippen LogP contribution in [-0.4, -0.2) is 19.6 Å².